The third-order valence-electron chi connectivity index (χ3n) is 3.94. The fourth-order valence-corrected chi connectivity index (χ4v) is 3.08. The molecule has 0 fully saturated rings. The van der Waals surface area contributed by atoms with Crippen molar-refractivity contribution in [1.29, 1.82) is 0 Å². The Morgan fingerprint density at radius 1 is 1.28 bits per heavy atom. The molecule has 0 aliphatic carbocycles. The van der Waals surface area contributed by atoms with Gasteiger partial charge in [0.1, 0.15) is 22.7 Å². The molecular formula is C18H12BrFN4O. The molecule has 124 valence electrons. The van der Waals surface area contributed by atoms with Gasteiger partial charge in [0.05, 0.1) is 6.21 Å². The highest BCUT2D eigenvalue weighted by Gasteiger charge is 2.13. The highest BCUT2D eigenvalue weighted by Crippen LogP contribution is 2.25. The largest absolute Gasteiger partial charge is 0.349 e. The average Bonchev–Trinajstić information content (AvgIpc) is 2.94. The second-order valence-corrected chi connectivity index (χ2v) is 6.50. The maximum atomic E-state index is 13.7. The van der Waals surface area contributed by atoms with Crippen LogP contribution in [-0.4, -0.2) is 20.9 Å². The van der Waals surface area contributed by atoms with Crippen LogP contribution >= 0.6 is 15.9 Å². The third kappa shape index (κ3) is 2.66. The minimum atomic E-state index is -0.401. The average molecular weight is 399 g/mol. The van der Waals surface area contributed by atoms with Crippen LogP contribution in [0, 0.1) is 12.7 Å². The van der Waals surface area contributed by atoms with Gasteiger partial charge in [0, 0.05) is 20.9 Å². The molecule has 0 unspecified atom stereocenters. The zero-order chi connectivity index (χ0) is 17.6. The maximum absolute atomic E-state index is 13.7. The number of rotatable bonds is 2. The first-order chi connectivity index (χ1) is 12.0. The van der Waals surface area contributed by atoms with Gasteiger partial charge in [0.25, 0.3) is 5.56 Å². The van der Waals surface area contributed by atoms with E-state index in [0.717, 1.165) is 15.4 Å². The fourth-order valence-electron chi connectivity index (χ4n) is 2.72. The fraction of sp³-hybridized carbons (Fsp3) is 0.0556. The Bertz CT molecular complexity index is 1210. The van der Waals surface area contributed by atoms with Gasteiger partial charge in [0.15, 0.2) is 0 Å². The van der Waals surface area contributed by atoms with E-state index in [1.54, 1.807) is 25.1 Å². The van der Waals surface area contributed by atoms with Crippen molar-refractivity contribution in [2.24, 2.45) is 5.10 Å². The first kappa shape index (κ1) is 15.7. The topological polar surface area (TPSA) is 63.0 Å². The van der Waals surface area contributed by atoms with Gasteiger partial charge in [-0.05, 0) is 31.2 Å². The number of fused-ring (bicyclic) bond motifs is 3. The summed E-state index contributed by atoms with van der Waals surface area (Å²) in [5.74, 6) is 0.0208. The summed E-state index contributed by atoms with van der Waals surface area (Å²) in [4.78, 5) is 20.4. The number of hydrogen-bond donors (Lipinski definition) is 1. The highest BCUT2D eigenvalue weighted by molar-refractivity contribution is 9.10. The van der Waals surface area contributed by atoms with Crippen LogP contribution in [0.2, 0.25) is 0 Å². The van der Waals surface area contributed by atoms with Crippen molar-refractivity contribution in [3.8, 4) is 0 Å². The summed E-state index contributed by atoms with van der Waals surface area (Å²) < 4.78 is 15.8. The Balaban J connectivity index is 1.92. The molecule has 7 heteroatoms. The van der Waals surface area contributed by atoms with Crippen molar-refractivity contribution >= 4 is 44.1 Å². The van der Waals surface area contributed by atoms with E-state index in [1.165, 1.54) is 17.0 Å². The zero-order valence-electron chi connectivity index (χ0n) is 13.1. The van der Waals surface area contributed by atoms with Crippen LogP contribution in [0.3, 0.4) is 0 Å². The van der Waals surface area contributed by atoms with Crippen LogP contribution in [0.1, 0.15) is 11.4 Å². The van der Waals surface area contributed by atoms with Crippen LogP contribution in [-0.2, 0) is 0 Å². The zero-order valence-corrected chi connectivity index (χ0v) is 14.7. The molecule has 0 saturated heterocycles. The van der Waals surface area contributed by atoms with Crippen molar-refractivity contribution < 1.29 is 4.39 Å². The van der Waals surface area contributed by atoms with Gasteiger partial charge in [-0.25, -0.2) is 9.37 Å². The molecule has 4 aromatic rings. The van der Waals surface area contributed by atoms with E-state index in [2.05, 4.69) is 31.0 Å². The third-order valence-corrected chi connectivity index (χ3v) is 4.43. The van der Waals surface area contributed by atoms with Crippen molar-refractivity contribution in [2.75, 3.05) is 0 Å². The summed E-state index contributed by atoms with van der Waals surface area (Å²) in [6, 6.07) is 11.9. The number of halogens is 2. The Kier molecular flexibility index (Phi) is 3.73. The van der Waals surface area contributed by atoms with Crippen molar-refractivity contribution in [3.63, 3.8) is 0 Å². The predicted octanol–water partition coefficient (Wildman–Crippen LogP) is 3.97. The van der Waals surface area contributed by atoms with Gasteiger partial charge in [-0.1, -0.05) is 34.1 Å². The van der Waals surface area contributed by atoms with Crippen LogP contribution in [0.25, 0.3) is 21.9 Å². The lowest BCUT2D eigenvalue weighted by Gasteiger charge is -2.03. The summed E-state index contributed by atoms with van der Waals surface area (Å²) in [5, 5.41) is 4.98. The minimum Gasteiger partial charge on any atom is -0.349 e. The van der Waals surface area contributed by atoms with Gasteiger partial charge in [-0.2, -0.15) is 9.78 Å². The van der Waals surface area contributed by atoms with E-state index in [9.17, 15) is 9.18 Å². The molecule has 5 nitrogen and oxygen atoms in total. The van der Waals surface area contributed by atoms with E-state index >= 15 is 0 Å². The smallest absolute Gasteiger partial charge is 0.298 e. The number of nitrogens with zero attached hydrogens (tertiary/aromatic N) is 3. The van der Waals surface area contributed by atoms with Crippen molar-refractivity contribution in [2.45, 2.75) is 6.92 Å². The quantitative estimate of drug-likeness (QED) is 0.519. The van der Waals surface area contributed by atoms with Gasteiger partial charge in [-0.15, -0.1) is 0 Å². The summed E-state index contributed by atoms with van der Waals surface area (Å²) in [7, 11) is 0. The lowest BCUT2D eigenvalue weighted by molar-refractivity contribution is 0.625. The predicted molar refractivity (Wildman–Crippen MR) is 99.7 cm³/mol. The lowest BCUT2D eigenvalue weighted by atomic mass is 10.2. The van der Waals surface area contributed by atoms with E-state index in [1.807, 2.05) is 18.2 Å². The summed E-state index contributed by atoms with van der Waals surface area (Å²) in [6.07, 6.45) is 1.32. The number of benzene rings is 2. The molecule has 2 aromatic heterocycles. The number of hydrogen-bond acceptors (Lipinski definition) is 3. The minimum absolute atomic E-state index is 0.300. The van der Waals surface area contributed by atoms with Crippen molar-refractivity contribution in [1.82, 2.24) is 14.6 Å². The molecule has 0 radical (unpaired) electrons. The number of aromatic nitrogens is 3. The summed E-state index contributed by atoms with van der Waals surface area (Å²) in [6.45, 7) is 1.69. The lowest BCUT2D eigenvalue weighted by Crippen LogP contribution is -2.20. The molecule has 2 aromatic carbocycles. The molecule has 0 aliphatic heterocycles. The second-order valence-electron chi connectivity index (χ2n) is 5.58. The molecule has 2 heterocycles. The molecule has 0 spiro atoms. The van der Waals surface area contributed by atoms with Gasteiger partial charge >= 0.3 is 0 Å². The second kappa shape index (κ2) is 5.93. The van der Waals surface area contributed by atoms with E-state index in [-0.39, 0.29) is 5.56 Å². The first-order valence-electron chi connectivity index (χ1n) is 7.54. The highest BCUT2D eigenvalue weighted by atomic mass is 79.9. The molecule has 0 aliphatic rings. The molecular weight excluding hydrogens is 387 g/mol. The van der Waals surface area contributed by atoms with E-state index in [0.29, 0.717) is 22.4 Å². The molecule has 25 heavy (non-hydrogen) atoms. The summed E-state index contributed by atoms with van der Waals surface area (Å²) >= 11 is 3.43. The SMILES string of the molecule is Cc1nc2c([nH]c3ccc(Br)cc32)c(=O)n1N=Cc1ccccc1F. The van der Waals surface area contributed by atoms with Crippen LogP contribution in [0.5, 0.6) is 0 Å². The molecule has 0 amide bonds. The van der Waals surface area contributed by atoms with E-state index in [4.69, 9.17) is 0 Å². The van der Waals surface area contributed by atoms with Crippen LogP contribution in [0.4, 0.5) is 4.39 Å². The monoisotopic (exact) mass is 398 g/mol. The van der Waals surface area contributed by atoms with E-state index < -0.39 is 5.82 Å². The van der Waals surface area contributed by atoms with Crippen LogP contribution < -0.4 is 5.56 Å². The molecule has 0 bridgehead atoms. The van der Waals surface area contributed by atoms with Gasteiger partial charge in [0.2, 0.25) is 0 Å². The number of aryl methyl sites for hydroxylation is 1. The summed E-state index contributed by atoms with van der Waals surface area (Å²) in [5.41, 5.74) is 1.75. The van der Waals surface area contributed by atoms with Gasteiger partial charge in [-0.3, -0.25) is 4.79 Å². The number of aromatic amines is 1. The Morgan fingerprint density at radius 2 is 2.08 bits per heavy atom. The first-order valence-corrected chi connectivity index (χ1v) is 8.33. The Hall–Kier alpha value is -2.80. The van der Waals surface area contributed by atoms with Gasteiger partial charge < -0.3 is 4.98 Å². The molecule has 1 N–H and O–H groups in total. The maximum Gasteiger partial charge on any atom is 0.298 e. The number of H-pyrrole nitrogens is 1. The van der Waals surface area contributed by atoms with Crippen LogP contribution in [0.15, 0.2) is 56.8 Å². The number of nitrogens with one attached hydrogen (secondary N) is 1. The molecule has 0 saturated carbocycles. The molecule has 0 atom stereocenters. The Labute approximate surface area is 150 Å². The van der Waals surface area contributed by atoms with Crippen molar-refractivity contribution in [3.05, 3.63) is 74.5 Å². The normalized spacial score (nSPS) is 11.8. The standard InChI is InChI=1S/C18H12BrFN4O/c1-10-22-16-13-8-12(19)6-7-15(13)23-17(16)18(25)24(10)21-9-11-4-2-3-5-14(11)20/h2-9,23H,1H3. The molecule has 4 rings (SSSR count). The Morgan fingerprint density at radius 3 is 2.88 bits per heavy atom.